The van der Waals surface area contributed by atoms with Gasteiger partial charge in [-0.3, -0.25) is 0 Å². The van der Waals surface area contributed by atoms with E-state index in [1.807, 2.05) is 6.92 Å². The molecule has 1 aliphatic rings. The minimum Gasteiger partial charge on any atom is -0.310 e. The van der Waals surface area contributed by atoms with E-state index < -0.39 is 0 Å². The van der Waals surface area contributed by atoms with Crippen LogP contribution in [0.1, 0.15) is 30.5 Å². The summed E-state index contributed by atoms with van der Waals surface area (Å²) in [6.07, 6.45) is 1.97. The summed E-state index contributed by atoms with van der Waals surface area (Å²) in [5, 5.41) is 3.31. The summed E-state index contributed by atoms with van der Waals surface area (Å²) in [5.41, 5.74) is 2.00. The van der Waals surface area contributed by atoms with Crippen LogP contribution < -0.4 is 5.32 Å². The Kier molecular flexibility index (Phi) is 2.88. The summed E-state index contributed by atoms with van der Waals surface area (Å²) in [5.74, 6) is -0.0772. The van der Waals surface area contributed by atoms with Crippen LogP contribution in [0.15, 0.2) is 16.6 Å². The van der Waals surface area contributed by atoms with Gasteiger partial charge in [0.1, 0.15) is 5.82 Å². The van der Waals surface area contributed by atoms with Crippen LogP contribution in [0.25, 0.3) is 0 Å². The number of hydrogen-bond donors (Lipinski definition) is 1. The SMILES string of the molecule is CCNC1CCc2c(Br)ccc(F)c21. The fourth-order valence-electron chi connectivity index (χ4n) is 2.12. The lowest BCUT2D eigenvalue weighted by Gasteiger charge is -2.13. The van der Waals surface area contributed by atoms with E-state index in [2.05, 4.69) is 21.2 Å². The van der Waals surface area contributed by atoms with Gasteiger partial charge in [-0.1, -0.05) is 22.9 Å². The van der Waals surface area contributed by atoms with Crippen molar-refractivity contribution in [3.63, 3.8) is 0 Å². The van der Waals surface area contributed by atoms with Gasteiger partial charge in [-0.05, 0) is 37.1 Å². The number of benzene rings is 1. The number of nitrogens with one attached hydrogen (secondary N) is 1. The molecule has 0 radical (unpaired) electrons. The molecule has 0 saturated carbocycles. The fraction of sp³-hybridized carbons (Fsp3) is 0.455. The highest BCUT2D eigenvalue weighted by Crippen LogP contribution is 2.37. The molecule has 2 rings (SSSR count). The average molecular weight is 258 g/mol. The van der Waals surface area contributed by atoms with E-state index in [0.29, 0.717) is 0 Å². The topological polar surface area (TPSA) is 12.0 Å². The van der Waals surface area contributed by atoms with Crippen LogP contribution in [-0.2, 0) is 6.42 Å². The minimum absolute atomic E-state index is 0.0772. The summed E-state index contributed by atoms with van der Waals surface area (Å²) >= 11 is 3.47. The highest BCUT2D eigenvalue weighted by atomic mass is 79.9. The Morgan fingerprint density at radius 2 is 2.36 bits per heavy atom. The van der Waals surface area contributed by atoms with Crippen LogP contribution in [-0.4, -0.2) is 6.54 Å². The Bertz CT molecular complexity index is 351. The number of halogens is 2. The van der Waals surface area contributed by atoms with Gasteiger partial charge < -0.3 is 5.32 Å². The lowest BCUT2D eigenvalue weighted by Crippen LogP contribution is -2.19. The van der Waals surface area contributed by atoms with Gasteiger partial charge in [0, 0.05) is 16.1 Å². The smallest absolute Gasteiger partial charge is 0.128 e. The second-order valence-corrected chi connectivity index (χ2v) is 4.42. The van der Waals surface area contributed by atoms with Crippen molar-refractivity contribution in [2.24, 2.45) is 0 Å². The normalized spacial score (nSPS) is 19.8. The van der Waals surface area contributed by atoms with Crippen molar-refractivity contribution < 1.29 is 4.39 Å². The van der Waals surface area contributed by atoms with Gasteiger partial charge in [0.15, 0.2) is 0 Å². The molecule has 1 atom stereocenters. The largest absolute Gasteiger partial charge is 0.310 e. The summed E-state index contributed by atoms with van der Waals surface area (Å²) < 4.78 is 14.6. The highest BCUT2D eigenvalue weighted by Gasteiger charge is 2.26. The molecule has 0 saturated heterocycles. The summed E-state index contributed by atoms with van der Waals surface area (Å²) in [6, 6.07) is 3.54. The Morgan fingerprint density at radius 3 is 3.07 bits per heavy atom. The van der Waals surface area contributed by atoms with Crippen molar-refractivity contribution in [3.8, 4) is 0 Å². The molecule has 1 nitrogen and oxygen atoms in total. The summed E-state index contributed by atoms with van der Waals surface area (Å²) in [4.78, 5) is 0. The minimum atomic E-state index is -0.0772. The molecule has 0 spiro atoms. The van der Waals surface area contributed by atoms with Gasteiger partial charge in [0.05, 0.1) is 0 Å². The van der Waals surface area contributed by atoms with Gasteiger partial charge in [0.25, 0.3) is 0 Å². The molecule has 0 aromatic heterocycles. The van der Waals surface area contributed by atoms with Crippen molar-refractivity contribution in [3.05, 3.63) is 33.5 Å². The molecule has 0 fully saturated rings. The third kappa shape index (κ3) is 1.59. The molecule has 76 valence electrons. The maximum absolute atomic E-state index is 13.6. The third-order valence-corrected chi connectivity index (χ3v) is 3.47. The van der Waals surface area contributed by atoms with Crippen molar-refractivity contribution in [1.29, 1.82) is 0 Å². The molecule has 1 unspecified atom stereocenters. The molecule has 0 amide bonds. The molecule has 1 aliphatic carbocycles. The zero-order valence-corrected chi connectivity index (χ0v) is 9.70. The van der Waals surface area contributed by atoms with E-state index in [4.69, 9.17) is 0 Å². The summed E-state index contributed by atoms with van der Waals surface area (Å²) in [7, 11) is 0. The van der Waals surface area contributed by atoms with E-state index in [0.717, 1.165) is 35.0 Å². The van der Waals surface area contributed by atoms with E-state index in [9.17, 15) is 4.39 Å². The molecule has 3 heteroatoms. The third-order valence-electron chi connectivity index (χ3n) is 2.73. The van der Waals surface area contributed by atoms with Crippen LogP contribution in [0.3, 0.4) is 0 Å². The zero-order chi connectivity index (χ0) is 10.1. The lowest BCUT2D eigenvalue weighted by atomic mass is 10.1. The monoisotopic (exact) mass is 257 g/mol. The van der Waals surface area contributed by atoms with Crippen LogP contribution in [0.5, 0.6) is 0 Å². The average Bonchev–Trinajstić information content (AvgIpc) is 2.58. The maximum Gasteiger partial charge on any atom is 0.128 e. The van der Waals surface area contributed by atoms with Gasteiger partial charge in [-0.2, -0.15) is 0 Å². The molecule has 0 heterocycles. The van der Waals surface area contributed by atoms with E-state index in [1.165, 1.54) is 0 Å². The predicted octanol–water partition coefficient (Wildman–Crippen LogP) is 3.19. The Labute approximate surface area is 91.8 Å². The predicted molar refractivity (Wildman–Crippen MR) is 58.8 cm³/mol. The van der Waals surface area contributed by atoms with Crippen molar-refractivity contribution in [1.82, 2.24) is 5.32 Å². The molecule has 1 aromatic carbocycles. The van der Waals surface area contributed by atoms with Gasteiger partial charge in [-0.25, -0.2) is 4.39 Å². The molecular formula is C11H13BrFN. The second kappa shape index (κ2) is 3.99. The quantitative estimate of drug-likeness (QED) is 0.859. The van der Waals surface area contributed by atoms with Crippen LogP contribution >= 0.6 is 15.9 Å². The van der Waals surface area contributed by atoms with Crippen molar-refractivity contribution >= 4 is 15.9 Å². The molecule has 0 bridgehead atoms. The molecule has 0 aliphatic heterocycles. The van der Waals surface area contributed by atoms with Crippen molar-refractivity contribution in [2.75, 3.05) is 6.54 Å². The fourth-order valence-corrected chi connectivity index (χ4v) is 2.67. The first-order valence-electron chi connectivity index (χ1n) is 4.94. The van der Waals surface area contributed by atoms with E-state index in [-0.39, 0.29) is 11.9 Å². The maximum atomic E-state index is 13.6. The zero-order valence-electron chi connectivity index (χ0n) is 8.11. The number of hydrogen-bond acceptors (Lipinski definition) is 1. The van der Waals surface area contributed by atoms with Crippen molar-refractivity contribution in [2.45, 2.75) is 25.8 Å². The van der Waals surface area contributed by atoms with Gasteiger partial charge in [-0.15, -0.1) is 0 Å². The summed E-state index contributed by atoms with van der Waals surface area (Å²) in [6.45, 7) is 2.93. The lowest BCUT2D eigenvalue weighted by molar-refractivity contribution is 0.517. The van der Waals surface area contributed by atoms with E-state index >= 15 is 0 Å². The van der Waals surface area contributed by atoms with Gasteiger partial charge >= 0.3 is 0 Å². The van der Waals surface area contributed by atoms with Gasteiger partial charge in [0.2, 0.25) is 0 Å². The first kappa shape index (κ1) is 10.1. The molecule has 1 aromatic rings. The number of rotatable bonds is 2. The molecule has 14 heavy (non-hydrogen) atoms. The van der Waals surface area contributed by atoms with Crippen LogP contribution in [0.4, 0.5) is 4.39 Å². The Balaban J connectivity index is 2.42. The first-order chi connectivity index (χ1) is 6.74. The Morgan fingerprint density at radius 1 is 1.57 bits per heavy atom. The van der Waals surface area contributed by atoms with Crippen LogP contribution in [0, 0.1) is 5.82 Å². The first-order valence-corrected chi connectivity index (χ1v) is 5.73. The van der Waals surface area contributed by atoms with E-state index in [1.54, 1.807) is 12.1 Å². The molecule has 1 N–H and O–H groups in total. The second-order valence-electron chi connectivity index (χ2n) is 3.57. The Hall–Kier alpha value is -0.410. The number of fused-ring (bicyclic) bond motifs is 1. The van der Waals surface area contributed by atoms with Crippen LogP contribution in [0.2, 0.25) is 0 Å². The standard InChI is InChI=1S/C11H13BrFN/c1-2-14-10-6-3-7-8(12)4-5-9(13)11(7)10/h4-5,10,14H,2-3,6H2,1H3. The molecular weight excluding hydrogens is 245 g/mol. The highest BCUT2D eigenvalue weighted by molar-refractivity contribution is 9.10.